The van der Waals surface area contributed by atoms with Crippen molar-refractivity contribution in [1.82, 2.24) is 5.32 Å². The first-order valence-electron chi connectivity index (χ1n) is 6.23. The Labute approximate surface area is 111 Å². The summed E-state index contributed by atoms with van der Waals surface area (Å²) in [4.78, 5) is 11.4. The molecule has 17 heavy (non-hydrogen) atoms. The molecular formula is C14H18BrNO. The zero-order chi connectivity index (χ0) is 12.3. The van der Waals surface area contributed by atoms with Gasteiger partial charge in [0.15, 0.2) is 0 Å². The van der Waals surface area contributed by atoms with Crippen molar-refractivity contribution in [2.45, 2.75) is 32.1 Å². The first-order valence-corrected chi connectivity index (χ1v) is 7.02. The SMILES string of the molecule is CCCC(=O)NCC1CC1c1cccc(Br)c1. The second kappa shape index (κ2) is 5.67. The largest absolute Gasteiger partial charge is 0.356 e. The normalized spacial score (nSPS) is 22.2. The number of carbonyl (C=O) groups excluding carboxylic acids is 1. The lowest BCUT2D eigenvalue weighted by Gasteiger charge is -2.04. The highest BCUT2D eigenvalue weighted by Gasteiger charge is 2.38. The second-order valence-electron chi connectivity index (χ2n) is 4.71. The van der Waals surface area contributed by atoms with Crippen LogP contribution in [0.4, 0.5) is 0 Å². The highest BCUT2D eigenvalue weighted by molar-refractivity contribution is 9.10. The van der Waals surface area contributed by atoms with Gasteiger partial charge in [0.25, 0.3) is 0 Å². The van der Waals surface area contributed by atoms with Crippen LogP contribution >= 0.6 is 15.9 Å². The summed E-state index contributed by atoms with van der Waals surface area (Å²) in [7, 11) is 0. The van der Waals surface area contributed by atoms with E-state index in [0.29, 0.717) is 18.3 Å². The maximum Gasteiger partial charge on any atom is 0.219 e. The van der Waals surface area contributed by atoms with Gasteiger partial charge in [-0.1, -0.05) is 35.0 Å². The quantitative estimate of drug-likeness (QED) is 0.885. The summed E-state index contributed by atoms with van der Waals surface area (Å²) in [5.74, 6) is 1.45. The Morgan fingerprint density at radius 2 is 2.35 bits per heavy atom. The number of amides is 1. The predicted octanol–water partition coefficient (Wildman–Crippen LogP) is 3.47. The molecule has 1 aromatic rings. The lowest BCUT2D eigenvalue weighted by Crippen LogP contribution is -2.25. The van der Waals surface area contributed by atoms with E-state index in [1.807, 2.05) is 13.0 Å². The maximum atomic E-state index is 11.4. The Bertz CT molecular complexity index is 405. The highest BCUT2D eigenvalue weighted by Crippen LogP contribution is 2.47. The van der Waals surface area contributed by atoms with E-state index in [2.05, 4.69) is 39.4 Å². The number of carbonyl (C=O) groups is 1. The van der Waals surface area contributed by atoms with Gasteiger partial charge >= 0.3 is 0 Å². The van der Waals surface area contributed by atoms with Crippen LogP contribution in [0, 0.1) is 5.92 Å². The van der Waals surface area contributed by atoms with Gasteiger partial charge in [-0.25, -0.2) is 0 Å². The Morgan fingerprint density at radius 3 is 3.06 bits per heavy atom. The third-order valence-electron chi connectivity index (χ3n) is 3.24. The predicted molar refractivity (Wildman–Crippen MR) is 72.9 cm³/mol. The van der Waals surface area contributed by atoms with Gasteiger partial charge in [-0.05, 0) is 42.4 Å². The molecule has 0 spiro atoms. The number of hydrogen-bond donors (Lipinski definition) is 1. The molecule has 0 saturated heterocycles. The molecule has 0 heterocycles. The summed E-state index contributed by atoms with van der Waals surface area (Å²) >= 11 is 3.49. The minimum Gasteiger partial charge on any atom is -0.356 e. The molecule has 1 aromatic carbocycles. The van der Waals surface area contributed by atoms with Crippen LogP contribution in [0.3, 0.4) is 0 Å². The molecule has 1 N–H and O–H groups in total. The molecule has 0 bridgehead atoms. The standard InChI is InChI=1S/C14H18BrNO/c1-2-4-14(17)16-9-11-8-13(11)10-5-3-6-12(15)7-10/h3,5-7,11,13H,2,4,8-9H2,1H3,(H,16,17). The van der Waals surface area contributed by atoms with Gasteiger partial charge in [-0.2, -0.15) is 0 Å². The van der Waals surface area contributed by atoms with E-state index in [1.54, 1.807) is 0 Å². The van der Waals surface area contributed by atoms with E-state index in [1.165, 1.54) is 12.0 Å². The Kier molecular flexibility index (Phi) is 4.21. The van der Waals surface area contributed by atoms with E-state index in [-0.39, 0.29) is 5.91 Å². The van der Waals surface area contributed by atoms with Crippen molar-refractivity contribution in [3.8, 4) is 0 Å². The molecule has 2 unspecified atom stereocenters. The molecule has 0 radical (unpaired) electrons. The number of rotatable bonds is 5. The maximum absolute atomic E-state index is 11.4. The molecule has 2 atom stereocenters. The summed E-state index contributed by atoms with van der Waals surface area (Å²) in [6, 6.07) is 8.47. The smallest absolute Gasteiger partial charge is 0.219 e. The van der Waals surface area contributed by atoms with Crippen molar-refractivity contribution in [3.63, 3.8) is 0 Å². The van der Waals surface area contributed by atoms with Crippen LogP contribution < -0.4 is 5.32 Å². The van der Waals surface area contributed by atoms with Crippen molar-refractivity contribution in [2.24, 2.45) is 5.92 Å². The van der Waals surface area contributed by atoms with Gasteiger partial charge < -0.3 is 5.32 Å². The van der Waals surface area contributed by atoms with E-state index >= 15 is 0 Å². The topological polar surface area (TPSA) is 29.1 Å². The highest BCUT2D eigenvalue weighted by atomic mass is 79.9. The Hall–Kier alpha value is -0.830. The number of hydrogen-bond acceptors (Lipinski definition) is 1. The molecule has 0 aliphatic heterocycles. The van der Waals surface area contributed by atoms with Gasteiger partial charge in [0.1, 0.15) is 0 Å². The lowest BCUT2D eigenvalue weighted by atomic mass is 10.1. The zero-order valence-corrected chi connectivity index (χ0v) is 11.7. The van der Waals surface area contributed by atoms with Gasteiger partial charge in [0.2, 0.25) is 5.91 Å². The summed E-state index contributed by atoms with van der Waals surface area (Å²) in [5, 5.41) is 3.01. The van der Waals surface area contributed by atoms with E-state index in [0.717, 1.165) is 17.4 Å². The first kappa shape index (κ1) is 12.6. The third-order valence-corrected chi connectivity index (χ3v) is 3.73. The first-order chi connectivity index (χ1) is 8.20. The van der Waals surface area contributed by atoms with Gasteiger partial charge in [-0.3, -0.25) is 4.79 Å². The van der Waals surface area contributed by atoms with Gasteiger partial charge in [0.05, 0.1) is 0 Å². The summed E-state index contributed by atoms with van der Waals surface area (Å²) in [5.41, 5.74) is 1.38. The molecule has 1 saturated carbocycles. The molecule has 92 valence electrons. The van der Waals surface area contributed by atoms with Gasteiger partial charge in [0, 0.05) is 17.4 Å². The summed E-state index contributed by atoms with van der Waals surface area (Å²) in [6.45, 7) is 2.86. The zero-order valence-electron chi connectivity index (χ0n) is 10.1. The van der Waals surface area contributed by atoms with Crippen molar-refractivity contribution >= 4 is 21.8 Å². The molecule has 1 fully saturated rings. The molecule has 1 amide bonds. The minimum atomic E-state index is 0.187. The molecular weight excluding hydrogens is 278 g/mol. The number of benzene rings is 1. The average molecular weight is 296 g/mol. The molecule has 2 rings (SSSR count). The molecule has 1 aliphatic carbocycles. The number of halogens is 1. The Morgan fingerprint density at radius 1 is 1.53 bits per heavy atom. The summed E-state index contributed by atoms with van der Waals surface area (Å²) < 4.78 is 1.13. The van der Waals surface area contributed by atoms with Crippen LogP contribution in [-0.4, -0.2) is 12.5 Å². The molecule has 3 heteroatoms. The van der Waals surface area contributed by atoms with Crippen molar-refractivity contribution in [3.05, 3.63) is 34.3 Å². The monoisotopic (exact) mass is 295 g/mol. The van der Waals surface area contributed by atoms with Gasteiger partial charge in [-0.15, -0.1) is 0 Å². The van der Waals surface area contributed by atoms with Crippen LogP contribution in [0.15, 0.2) is 28.7 Å². The minimum absolute atomic E-state index is 0.187. The Balaban J connectivity index is 1.79. The number of nitrogens with one attached hydrogen (secondary N) is 1. The fraction of sp³-hybridized carbons (Fsp3) is 0.500. The lowest BCUT2D eigenvalue weighted by molar-refractivity contribution is -0.121. The van der Waals surface area contributed by atoms with Crippen LogP contribution in [0.25, 0.3) is 0 Å². The van der Waals surface area contributed by atoms with Crippen LogP contribution in [-0.2, 0) is 4.79 Å². The fourth-order valence-corrected chi connectivity index (χ4v) is 2.60. The molecule has 0 aromatic heterocycles. The van der Waals surface area contributed by atoms with Crippen LogP contribution in [0.5, 0.6) is 0 Å². The van der Waals surface area contributed by atoms with Crippen molar-refractivity contribution < 1.29 is 4.79 Å². The second-order valence-corrected chi connectivity index (χ2v) is 5.63. The van der Waals surface area contributed by atoms with Crippen LogP contribution in [0.2, 0.25) is 0 Å². The summed E-state index contributed by atoms with van der Waals surface area (Å²) in [6.07, 6.45) is 2.77. The van der Waals surface area contributed by atoms with E-state index < -0.39 is 0 Å². The fourth-order valence-electron chi connectivity index (χ4n) is 2.18. The van der Waals surface area contributed by atoms with Crippen molar-refractivity contribution in [1.29, 1.82) is 0 Å². The third kappa shape index (κ3) is 3.56. The average Bonchev–Trinajstić information content (AvgIpc) is 3.06. The van der Waals surface area contributed by atoms with Crippen LogP contribution in [0.1, 0.15) is 37.7 Å². The molecule has 2 nitrogen and oxygen atoms in total. The van der Waals surface area contributed by atoms with Crippen molar-refractivity contribution in [2.75, 3.05) is 6.54 Å². The van der Waals surface area contributed by atoms with E-state index in [9.17, 15) is 4.79 Å². The van der Waals surface area contributed by atoms with E-state index in [4.69, 9.17) is 0 Å². The molecule has 1 aliphatic rings.